The molecule has 2 N–H and O–H groups in total. The summed E-state index contributed by atoms with van der Waals surface area (Å²) in [5.41, 5.74) is 0. The zero-order valence-electron chi connectivity index (χ0n) is 8.34. The van der Waals surface area contributed by atoms with Gasteiger partial charge >= 0.3 is 0 Å². The molecular formula is C10H18N2O. The summed E-state index contributed by atoms with van der Waals surface area (Å²) in [7, 11) is 1.66. The van der Waals surface area contributed by atoms with Crippen molar-refractivity contribution in [1.29, 1.82) is 0 Å². The molecule has 2 unspecified atom stereocenters. The lowest BCUT2D eigenvalue weighted by molar-refractivity contribution is -0.122. The maximum absolute atomic E-state index is 11.2. The largest absolute Gasteiger partial charge is 0.358 e. The minimum atomic E-state index is -0.0993. The zero-order valence-corrected chi connectivity index (χ0v) is 8.34. The highest BCUT2D eigenvalue weighted by atomic mass is 16.2. The van der Waals surface area contributed by atoms with Crippen molar-refractivity contribution < 1.29 is 4.79 Å². The van der Waals surface area contributed by atoms with E-state index in [0.29, 0.717) is 6.04 Å². The van der Waals surface area contributed by atoms with Gasteiger partial charge in [0.15, 0.2) is 0 Å². The minimum absolute atomic E-state index is 0.0546. The van der Waals surface area contributed by atoms with Gasteiger partial charge in [0.05, 0.1) is 6.04 Å². The molecule has 3 heteroatoms. The van der Waals surface area contributed by atoms with Gasteiger partial charge in [-0.2, -0.15) is 0 Å². The maximum atomic E-state index is 11.2. The Morgan fingerprint density at radius 2 is 2.38 bits per heavy atom. The molecule has 0 aromatic carbocycles. The standard InChI is InChI=1S/C10H18N2O/c1-8(10(13)11-2)12-9-6-4-3-5-7-9/h4,6,8-9,12H,3,5,7H2,1-2H3,(H,11,13). The predicted molar refractivity (Wildman–Crippen MR) is 53.4 cm³/mol. The second-order valence-electron chi connectivity index (χ2n) is 3.47. The summed E-state index contributed by atoms with van der Waals surface area (Å²) in [6, 6.07) is 0.277. The van der Waals surface area contributed by atoms with Crippen LogP contribution in [0.25, 0.3) is 0 Å². The minimum Gasteiger partial charge on any atom is -0.358 e. The molecule has 74 valence electrons. The van der Waals surface area contributed by atoms with E-state index in [1.165, 1.54) is 12.8 Å². The summed E-state index contributed by atoms with van der Waals surface area (Å²) in [6.07, 6.45) is 7.86. The Morgan fingerprint density at radius 3 is 2.92 bits per heavy atom. The molecule has 2 atom stereocenters. The molecule has 0 spiro atoms. The third-order valence-electron chi connectivity index (χ3n) is 2.36. The topological polar surface area (TPSA) is 41.1 Å². The fourth-order valence-electron chi connectivity index (χ4n) is 1.56. The molecule has 0 bridgehead atoms. The molecule has 3 nitrogen and oxygen atoms in total. The lowest BCUT2D eigenvalue weighted by Crippen LogP contribution is -2.45. The van der Waals surface area contributed by atoms with Crippen molar-refractivity contribution in [3.8, 4) is 0 Å². The van der Waals surface area contributed by atoms with Gasteiger partial charge in [0.1, 0.15) is 0 Å². The first-order chi connectivity index (χ1) is 6.24. The summed E-state index contributed by atoms with van der Waals surface area (Å²) >= 11 is 0. The van der Waals surface area contributed by atoms with Crippen molar-refractivity contribution in [3.05, 3.63) is 12.2 Å². The molecule has 0 saturated heterocycles. The second kappa shape index (κ2) is 5.02. The van der Waals surface area contributed by atoms with Crippen LogP contribution in [-0.4, -0.2) is 25.0 Å². The van der Waals surface area contributed by atoms with Gasteiger partial charge in [0, 0.05) is 13.1 Å². The van der Waals surface area contributed by atoms with Crippen LogP contribution in [0.3, 0.4) is 0 Å². The molecular weight excluding hydrogens is 164 g/mol. The highest BCUT2D eigenvalue weighted by Gasteiger charge is 2.15. The van der Waals surface area contributed by atoms with E-state index in [4.69, 9.17) is 0 Å². The fraction of sp³-hybridized carbons (Fsp3) is 0.700. The normalized spacial score (nSPS) is 24.0. The van der Waals surface area contributed by atoms with Crippen molar-refractivity contribution in [2.45, 2.75) is 38.3 Å². The third-order valence-corrected chi connectivity index (χ3v) is 2.36. The van der Waals surface area contributed by atoms with E-state index in [-0.39, 0.29) is 11.9 Å². The van der Waals surface area contributed by atoms with Gasteiger partial charge in [-0.25, -0.2) is 0 Å². The van der Waals surface area contributed by atoms with E-state index >= 15 is 0 Å². The predicted octanol–water partition coefficient (Wildman–Crippen LogP) is 0.819. The average molecular weight is 182 g/mol. The van der Waals surface area contributed by atoms with Crippen molar-refractivity contribution in [3.63, 3.8) is 0 Å². The quantitative estimate of drug-likeness (QED) is 0.634. The molecule has 1 aliphatic carbocycles. The molecule has 0 radical (unpaired) electrons. The average Bonchev–Trinajstić information content (AvgIpc) is 2.18. The number of carbonyl (C=O) groups excluding carboxylic acids is 1. The van der Waals surface area contributed by atoms with Crippen molar-refractivity contribution >= 4 is 5.91 Å². The van der Waals surface area contributed by atoms with Gasteiger partial charge in [-0.05, 0) is 26.2 Å². The van der Waals surface area contributed by atoms with Gasteiger partial charge in [-0.1, -0.05) is 12.2 Å². The molecule has 0 aliphatic heterocycles. The Bertz CT molecular complexity index is 201. The zero-order chi connectivity index (χ0) is 9.68. The molecule has 13 heavy (non-hydrogen) atoms. The number of hydrogen-bond acceptors (Lipinski definition) is 2. The van der Waals surface area contributed by atoms with Gasteiger partial charge in [0.2, 0.25) is 5.91 Å². The lowest BCUT2D eigenvalue weighted by atomic mass is 10.0. The summed E-state index contributed by atoms with van der Waals surface area (Å²) < 4.78 is 0. The first-order valence-electron chi connectivity index (χ1n) is 4.88. The van der Waals surface area contributed by atoms with E-state index in [0.717, 1.165) is 6.42 Å². The molecule has 0 fully saturated rings. The first kappa shape index (κ1) is 10.3. The van der Waals surface area contributed by atoms with Crippen LogP contribution in [0.5, 0.6) is 0 Å². The Balaban J connectivity index is 2.34. The first-order valence-corrected chi connectivity index (χ1v) is 4.88. The highest BCUT2D eigenvalue weighted by molar-refractivity contribution is 5.80. The number of likely N-dealkylation sites (N-methyl/N-ethyl adjacent to an activating group) is 1. The van der Waals surface area contributed by atoms with Crippen LogP contribution in [0, 0.1) is 0 Å². The van der Waals surface area contributed by atoms with Crippen LogP contribution >= 0.6 is 0 Å². The van der Waals surface area contributed by atoms with E-state index < -0.39 is 0 Å². The molecule has 1 amide bonds. The van der Waals surface area contributed by atoms with Gasteiger partial charge < -0.3 is 5.32 Å². The SMILES string of the molecule is CNC(=O)C(C)NC1C=CCCC1. The summed E-state index contributed by atoms with van der Waals surface area (Å²) in [6.45, 7) is 1.89. The smallest absolute Gasteiger partial charge is 0.236 e. The van der Waals surface area contributed by atoms with Crippen LogP contribution < -0.4 is 10.6 Å². The van der Waals surface area contributed by atoms with Gasteiger partial charge in [-0.15, -0.1) is 0 Å². The monoisotopic (exact) mass is 182 g/mol. The Morgan fingerprint density at radius 1 is 1.62 bits per heavy atom. The van der Waals surface area contributed by atoms with Gasteiger partial charge in [-0.3, -0.25) is 10.1 Å². The molecule has 1 rings (SSSR count). The van der Waals surface area contributed by atoms with Crippen molar-refractivity contribution in [2.75, 3.05) is 7.05 Å². The number of nitrogens with one attached hydrogen (secondary N) is 2. The molecule has 0 aromatic heterocycles. The van der Waals surface area contributed by atoms with Crippen LogP contribution in [0.1, 0.15) is 26.2 Å². The molecule has 1 aliphatic rings. The van der Waals surface area contributed by atoms with E-state index in [2.05, 4.69) is 22.8 Å². The Hall–Kier alpha value is -0.830. The number of hydrogen-bond donors (Lipinski definition) is 2. The Labute approximate surface area is 79.6 Å². The maximum Gasteiger partial charge on any atom is 0.236 e. The highest BCUT2D eigenvalue weighted by Crippen LogP contribution is 2.10. The fourth-order valence-corrected chi connectivity index (χ4v) is 1.56. The summed E-state index contributed by atoms with van der Waals surface area (Å²) in [5, 5.41) is 5.90. The van der Waals surface area contributed by atoms with Crippen LogP contribution in [0.2, 0.25) is 0 Å². The molecule has 0 heterocycles. The number of carbonyl (C=O) groups is 1. The summed E-state index contributed by atoms with van der Waals surface area (Å²) in [5.74, 6) is 0.0546. The van der Waals surface area contributed by atoms with E-state index in [9.17, 15) is 4.79 Å². The van der Waals surface area contributed by atoms with Gasteiger partial charge in [0.25, 0.3) is 0 Å². The summed E-state index contributed by atoms with van der Waals surface area (Å²) in [4.78, 5) is 11.2. The number of allylic oxidation sites excluding steroid dienone is 1. The lowest BCUT2D eigenvalue weighted by Gasteiger charge is -2.21. The van der Waals surface area contributed by atoms with Crippen LogP contribution in [0.4, 0.5) is 0 Å². The Kier molecular flexibility index (Phi) is 3.96. The number of amides is 1. The van der Waals surface area contributed by atoms with Crippen LogP contribution in [0.15, 0.2) is 12.2 Å². The van der Waals surface area contributed by atoms with E-state index in [1.54, 1.807) is 7.05 Å². The van der Waals surface area contributed by atoms with Crippen LogP contribution in [-0.2, 0) is 4.79 Å². The van der Waals surface area contributed by atoms with E-state index in [1.807, 2.05) is 6.92 Å². The van der Waals surface area contributed by atoms with Crippen molar-refractivity contribution in [1.82, 2.24) is 10.6 Å². The number of rotatable bonds is 3. The second-order valence-corrected chi connectivity index (χ2v) is 3.47. The molecule has 0 saturated carbocycles. The third kappa shape index (κ3) is 3.19. The molecule has 0 aromatic rings. The van der Waals surface area contributed by atoms with Crippen molar-refractivity contribution in [2.24, 2.45) is 0 Å².